The van der Waals surface area contributed by atoms with Gasteiger partial charge < -0.3 is 19.0 Å². The number of benzene rings is 1. The first kappa shape index (κ1) is 17.8. The number of fused-ring (bicyclic) bond motifs is 1. The van der Waals surface area contributed by atoms with Crippen LogP contribution in [0.25, 0.3) is 11.1 Å². The van der Waals surface area contributed by atoms with Crippen molar-refractivity contribution < 1.29 is 18.7 Å². The van der Waals surface area contributed by atoms with E-state index in [1.165, 1.54) is 4.57 Å². The van der Waals surface area contributed by atoms with E-state index < -0.39 is 5.76 Å². The minimum absolute atomic E-state index is 0.0267. The van der Waals surface area contributed by atoms with Gasteiger partial charge in [0.15, 0.2) is 5.58 Å². The molecular weight excluding hydrogens is 350 g/mol. The molecule has 0 N–H and O–H groups in total. The quantitative estimate of drug-likeness (QED) is 0.796. The summed E-state index contributed by atoms with van der Waals surface area (Å²) in [7, 11) is 0. The van der Waals surface area contributed by atoms with Gasteiger partial charge in [0, 0.05) is 32.8 Å². The predicted octanol–water partition coefficient (Wildman–Crippen LogP) is 0.834. The molecule has 1 atom stereocenters. The SMILES string of the molecule is O=C(Cn1c(=O)oc2ccccc21)N1CCCN(C(=O)C2CCCO2)CC1. The highest BCUT2D eigenvalue weighted by Crippen LogP contribution is 2.17. The van der Waals surface area contributed by atoms with Crippen molar-refractivity contribution in [2.75, 3.05) is 32.8 Å². The molecule has 8 nitrogen and oxygen atoms in total. The second-order valence-corrected chi connectivity index (χ2v) is 6.98. The maximum atomic E-state index is 12.7. The molecule has 2 amide bonds. The summed E-state index contributed by atoms with van der Waals surface area (Å²) in [6.07, 6.45) is 2.07. The molecule has 1 aromatic carbocycles. The fraction of sp³-hybridized carbons (Fsp3) is 0.526. The Morgan fingerprint density at radius 2 is 1.81 bits per heavy atom. The van der Waals surface area contributed by atoms with Gasteiger partial charge in [0.2, 0.25) is 5.91 Å². The Hall–Kier alpha value is -2.61. The highest BCUT2D eigenvalue weighted by Gasteiger charge is 2.30. The van der Waals surface area contributed by atoms with Crippen LogP contribution in [0.2, 0.25) is 0 Å². The van der Waals surface area contributed by atoms with Gasteiger partial charge in [-0.15, -0.1) is 0 Å². The molecule has 0 aliphatic carbocycles. The molecule has 0 bridgehead atoms. The topological polar surface area (TPSA) is 85.0 Å². The van der Waals surface area contributed by atoms with Crippen molar-refractivity contribution in [3.05, 3.63) is 34.8 Å². The zero-order valence-corrected chi connectivity index (χ0v) is 15.1. The summed E-state index contributed by atoms with van der Waals surface area (Å²) in [5.41, 5.74) is 1.08. The zero-order valence-electron chi connectivity index (χ0n) is 15.1. The average Bonchev–Trinajstić information content (AvgIpc) is 3.23. The molecule has 144 valence electrons. The van der Waals surface area contributed by atoms with Crippen LogP contribution in [-0.2, 0) is 20.9 Å². The third kappa shape index (κ3) is 3.62. The van der Waals surface area contributed by atoms with E-state index in [0.29, 0.717) is 50.3 Å². The lowest BCUT2D eigenvalue weighted by Crippen LogP contribution is -2.42. The highest BCUT2D eigenvalue weighted by atomic mass is 16.5. The largest absolute Gasteiger partial charge is 0.420 e. The van der Waals surface area contributed by atoms with Crippen molar-refractivity contribution in [1.29, 1.82) is 0 Å². The van der Waals surface area contributed by atoms with Crippen LogP contribution in [0.4, 0.5) is 0 Å². The summed E-state index contributed by atoms with van der Waals surface area (Å²) >= 11 is 0. The standard InChI is InChI=1S/C19H23N3O5/c23-17(13-22-14-5-1-2-6-15(14)27-19(22)25)20-8-4-9-21(11-10-20)18(24)16-7-3-12-26-16/h1-2,5-6,16H,3-4,7-13H2. The molecule has 4 rings (SSSR count). The number of nitrogens with zero attached hydrogens (tertiary/aromatic N) is 3. The van der Waals surface area contributed by atoms with Crippen molar-refractivity contribution >= 4 is 22.9 Å². The number of aromatic nitrogens is 1. The molecule has 2 aromatic rings. The van der Waals surface area contributed by atoms with Gasteiger partial charge in [-0.2, -0.15) is 0 Å². The Bertz CT molecular complexity index is 896. The van der Waals surface area contributed by atoms with E-state index in [1.54, 1.807) is 34.1 Å². The highest BCUT2D eigenvalue weighted by molar-refractivity contribution is 5.82. The number of oxazole rings is 1. The maximum absolute atomic E-state index is 12.7. The predicted molar refractivity (Wildman–Crippen MR) is 97.2 cm³/mol. The fourth-order valence-corrected chi connectivity index (χ4v) is 3.76. The van der Waals surface area contributed by atoms with Crippen LogP contribution in [-0.4, -0.2) is 65.1 Å². The smallest absolute Gasteiger partial charge is 0.408 e. The molecule has 2 aliphatic rings. The third-order valence-corrected chi connectivity index (χ3v) is 5.23. The second-order valence-electron chi connectivity index (χ2n) is 6.98. The van der Waals surface area contributed by atoms with Gasteiger partial charge in [-0.3, -0.25) is 14.2 Å². The molecule has 1 aromatic heterocycles. The molecule has 0 radical (unpaired) electrons. The number of hydrogen-bond donors (Lipinski definition) is 0. The molecular formula is C19H23N3O5. The molecule has 0 spiro atoms. The average molecular weight is 373 g/mol. The van der Waals surface area contributed by atoms with E-state index in [1.807, 2.05) is 0 Å². The Kier molecular flexibility index (Phi) is 4.98. The number of para-hydroxylation sites is 2. The van der Waals surface area contributed by atoms with Crippen LogP contribution in [0.15, 0.2) is 33.5 Å². The lowest BCUT2D eigenvalue weighted by atomic mass is 10.2. The number of amides is 2. The maximum Gasteiger partial charge on any atom is 0.420 e. The van der Waals surface area contributed by atoms with Crippen LogP contribution < -0.4 is 5.76 Å². The normalized spacial score (nSPS) is 20.8. The summed E-state index contributed by atoms with van der Waals surface area (Å²) in [5.74, 6) is -0.650. The molecule has 2 fully saturated rings. The van der Waals surface area contributed by atoms with E-state index >= 15 is 0 Å². The molecule has 0 saturated carbocycles. The van der Waals surface area contributed by atoms with Crippen molar-refractivity contribution in [1.82, 2.24) is 14.4 Å². The fourth-order valence-electron chi connectivity index (χ4n) is 3.76. The molecule has 8 heteroatoms. The number of ether oxygens (including phenoxy) is 1. The number of hydrogen-bond acceptors (Lipinski definition) is 5. The van der Waals surface area contributed by atoms with Gasteiger partial charge in [0.1, 0.15) is 12.6 Å². The van der Waals surface area contributed by atoms with Crippen LogP contribution in [0.1, 0.15) is 19.3 Å². The van der Waals surface area contributed by atoms with Crippen molar-refractivity contribution in [3.8, 4) is 0 Å². The van der Waals surface area contributed by atoms with E-state index in [9.17, 15) is 14.4 Å². The summed E-state index contributed by atoms with van der Waals surface area (Å²) in [5, 5.41) is 0. The van der Waals surface area contributed by atoms with Crippen LogP contribution in [0.5, 0.6) is 0 Å². The van der Waals surface area contributed by atoms with Gasteiger partial charge >= 0.3 is 5.76 Å². The first-order valence-electron chi connectivity index (χ1n) is 9.40. The van der Waals surface area contributed by atoms with Crippen LogP contribution in [0.3, 0.4) is 0 Å². The van der Waals surface area contributed by atoms with Crippen molar-refractivity contribution in [2.24, 2.45) is 0 Å². The van der Waals surface area contributed by atoms with E-state index in [-0.39, 0.29) is 24.5 Å². The summed E-state index contributed by atoms with van der Waals surface area (Å²) in [6.45, 7) is 2.72. The Labute approximate surface area is 156 Å². The number of carbonyl (C=O) groups excluding carboxylic acids is 2. The van der Waals surface area contributed by atoms with Gasteiger partial charge in [0.25, 0.3) is 5.91 Å². The lowest BCUT2D eigenvalue weighted by Gasteiger charge is -2.24. The first-order valence-corrected chi connectivity index (χ1v) is 9.40. The Balaban J connectivity index is 1.41. The number of rotatable bonds is 3. The summed E-state index contributed by atoms with van der Waals surface area (Å²) < 4.78 is 12.0. The van der Waals surface area contributed by atoms with Gasteiger partial charge in [0.05, 0.1) is 5.52 Å². The third-order valence-electron chi connectivity index (χ3n) is 5.23. The van der Waals surface area contributed by atoms with Crippen molar-refractivity contribution in [2.45, 2.75) is 31.9 Å². The Morgan fingerprint density at radius 1 is 1.04 bits per heavy atom. The monoisotopic (exact) mass is 373 g/mol. The molecule has 3 heterocycles. The van der Waals surface area contributed by atoms with Gasteiger partial charge in [-0.05, 0) is 31.4 Å². The molecule has 2 aliphatic heterocycles. The lowest BCUT2D eigenvalue weighted by molar-refractivity contribution is -0.141. The van der Waals surface area contributed by atoms with Gasteiger partial charge in [-0.1, -0.05) is 12.1 Å². The van der Waals surface area contributed by atoms with Crippen molar-refractivity contribution in [3.63, 3.8) is 0 Å². The van der Waals surface area contributed by atoms with Crippen LogP contribution in [0, 0.1) is 0 Å². The van der Waals surface area contributed by atoms with E-state index in [4.69, 9.17) is 9.15 Å². The van der Waals surface area contributed by atoms with Crippen LogP contribution >= 0.6 is 0 Å². The molecule has 1 unspecified atom stereocenters. The first-order chi connectivity index (χ1) is 13.1. The van der Waals surface area contributed by atoms with E-state index in [2.05, 4.69) is 0 Å². The number of carbonyl (C=O) groups is 2. The zero-order chi connectivity index (χ0) is 18.8. The summed E-state index contributed by atoms with van der Waals surface area (Å²) in [6, 6.07) is 7.06. The minimum Gasteiger partial charge on any atom is -0.408 e. The van der Waals surface area contributed by atoms with Gasteiger partial charge in [-0.25, -0.2) is 4.79 Å². The molecule has 2 saturated heterocycles. The van der Waals surface area contributed by atoms with E-state index in [0.717, 1.165) is 12.8 Å². The summed E-state index contributed by atoms with van der Waals surface area (Å²) in [4.78, 5) is 40.8. The second kappa shape index (κ2) is 7.56. The minimum atomic E-state index is -0.533. The Morgan fingerprint density at radius 3 is 2.63 bits per heavy atom. The molecule has 27 heavy (non-hydrogen) atoms.